The quantitative estimate of drug-likeness (QED) is 0.851. The van der Waals surface area contributed by atoms with E-state index in [1.165, 1.54) is 0 Å². The molecule has 2 aromatic rings. The van der Waals surface area contributed by atoms with E-state index in [0.717, 1.165) is 10.6 Å². The number of thiophene rings is 1. The van der Waals surface area contributed by atoms with Crippen LogP contribution in [0.5, 0.6) is 0 Å². The number of ether oxygens (including phenoxy) is 1. The third kappa shape index (κ3) is 3.28. The van der Waals surface area contributed by atoms with E-state index < -0.39 is 0 Å². The van der Waals surface area contributed by atoms with Crippen molar-refractivity contribution in [3.63, 3.8) is 0 Å². The minimum absolute atomic E-state index is 0.100. The normalized spacial score (nSPS) is 14.8. The molecule has 24 heavy (non-hydrogen) atoms. The fourth-order valence-electron chi connectivity index (χ4n) is 2.70. The highest BCUT2D eigenvalue weighted by atomic mass is 32.1. The van der Waals surface area contributed by atoms with E-state index in [2.05, 4.69) is 5.10 Å². The van der Waals surface area contributed by atoms with Gasteiger partial charge < -0.3 is 14.5 Å². The van der Waals surface area contributed by atoms with Gasteiger partial charge in [0, 0.05) is 33.2 Å². The molecular formula is C16H20N4O3S. The molecule has 0 spiro atoms. The van der Waals surface area contributed by atoms with Crippen molar-refractivity contribution >= 4 is 23.3 Å². The first kappa shape index (κ1) is 16.5. The molecule has 0 radical (unpaired) electrons. The summed E-state index contributed by atoms with van der Waals surface area (Å²) in [4.78, 5) is 28.8. The molecule has 7 nitrogen and oxygen atoms in total. The number of aromatic nitrogens is 2. The van der Waals surface area contributed by atoms with E-state index in [-0.39, 0.29) is 12.0 Å². The van der Waals surface area contributed by atoms with E-state index in [9.17, 15) is 9.59 Å². The molecule has 1 saturated heterocycles. The SMILES string of the molecule is CCOC(=O)N1CCN(C(=O)c2cc(-c3cccs3)n(C)n2)CC1. The van der Waals surface area contributed by atoms with Crippen molar-refractivity contribution in [1.29, 1.82) is 0 Å². The van der Waals surface area contributed by atoms with Crippen LogP contribution in [0.1, 0.15) is 17.4 Å². The second kappa shape index (κ2) is 7.04. The molecule has 128 valence electrons. The molecule has 0 N–H and O–H groups in total. The summed E-state index contributed by atoms with van der Waals surface area (Å²) in [6.07, 6.45) is -0.317. The van der Waals surface area contributed by atoms with Gasteiger partial charge in [0.15, 0.2) is 5.69 Å². The zero-order valence-electron chi connectivity index (χ0n) is 13.8. The standard InChI is InChI=1S/C16H20N4O3S/c1-3-23-16(22)20-8-6-19(7-9-20)15(21)12-11-13(18(2)17-12)14-5-4-10-24-14/h4-5,10-11H,3,6-9H2,1-2H3. The monoisotopic (exact) mass is 348 g/mol. The van der Waals surface area contributed by atoms with Crippen molar-refractivity contribution in [3.05, 3.63) is 29.3 Å². The summed E-state index contributed by atoms with van der Waals surface area (Å²) in [5, 5.41) is 6.35. The molecule has 1 aliphatic rings. The molecule has 0 bridgehead atoms. The lowest BCUT2D eigenvalue weighted by Crippen LogP contribution is -2.50. The summed E-state index contributed by atoms with van der Waals surface area (Å²) >= 11 is 1.62. The lowest BCUT2D eigenvalue weighted by atomic mass is 10.2. The van der Waals surface area contributed by atoms with Crippen molar-refractivity contribution < 1.29 is 14.3 Å². The average molecular weight is 348 g/mol. The number of amides is 2. The first-order valence-electron chi connectivity index (χ1n) is 7.89. The second-order valence-electron chi connectivity index (χ2n) is 5.49. The summed E-state index contributed by atoms with van der Waals surface area (Å²) in [6.45, 7) is 4.08. The molecule has 2 aromatic heterocycles. The Balaban J connectivity index is 1.66. The predicted octanol–water partition coefficient (Wildman–Crippen LogP) is 2.06. The summed E-state index contributed by atoms with van der Waals surface area (Å²) in [6, 6.07) is 5.81. The lowest BCUT2D eigenvalue weighted by molar-refractivity contribution is 0.0565. The van der Waals surface area contributed by atoms with Crippen molar-refractivity contribution in [2.75, 3.05) is 32.8 Å². The minimum atomic E-state index is -0.317. The van der Waals surface area contributed by atoms with Crippen molar-refractivity contribution in [3.8, 4) is 10.6 Å². The molecule has 3 heterocycles. The number of hydrogen-bond acceptors (Lipinski definition) is 5. The van der Waals surface area contributed by atoms with Gasteiger partial charge in [-0.25, -0.2) is 4.79 Å². The Kier molecular flexibility index (Phi) is 4.84. The van der Waals surface area contributed by atoms with Gasteiger partial charge in [0.25, 0.3) is 5.91 Å². The van der Waals surface area contributed by atoms with Gasteiger partial charge in [0.05, 0.1) is 17.2 Å². The maximum atomic E-state index is 12.7. The molecule has 0 unspecified atom stereocenters. The zero-order chi connectivity index (χ0) is 17.1. The third-order valence-corrected chi connectivity index (χ3v) is 4.86. The largest absolute Gasteiger partial charge is 0.450 e. The van der Waals surface area contributed by atoms with Crippen LogP contribution in [-0.2, 0) is 11.8 Å². The highest BCUT2D eigenvalue weighted by Crippen LogP contribution is 2.25. The number of aryl methyl sites for hydroxylation is 1. The van der Waals surface area contributed by atoms with Gasteiger partial charge in [0.1, 0.15) is 0 Å². The van der Waals surface area contributed by atoms with Crippen molar-refractivity contribution in [1.82, 2.24) is 19.6 Å². The fraction of sp³-hybridized carbons (Fsp3) is 0.438. The maximum Gasteiger partial charge on any atom is 0.409 e. The van der Waals surface area contributed by atoms with Gasteiger partial charge in [-0.1, -0.05) is 6.07 Å². The molecule has 8 heteroatoms. The van der Waals surface area contributed by atoms with E-state index >= 15 is 0 Å². The Morgan fingerprint density at radius 2 is 1.96 bits per heavy atom. The Bertz CT molecular complexity index is 718. The number of piperazine rings is 1. The third-order valence-electron chi connectivity index (χ3n) is 3.97. The van der Waals surface area contributed by atoms with Gasteiger partial charge in [-0.2, -0.15) is 5.10 Å². The van der Waals surface area contributed by atoms with Crippen LogP contribution in [0.15, 0.2) is 23.6 Å². The summed E-state index contributed by atoms with van der Waals surface area (Å²) in [5.41, 5.74) is 1.36. The number of rotatable bonds is 3. The van der Waals surface area contributed by atoms with Gasteiger partial charge >= 0.3 is 6.09 Å². The van der Waals surface area contributed by atoms with Crippen LogP contribution < -0.4 is 0 Å². The topological polar surface area (TPSA) is 67.7 Å². The molecule has 0 aromatic carbocycles. The molecule has 1 fully saturated rings. The molecule has 3 rings (SSSR count). The lowest BCUT2D eigenvalue weighted by Gasteiger charge is -2.33. The number of nitrogens with zero attached hydrogens (tertiary/aromatic N) is 4. The van der Waals surface area contributed by atoms with E-state index in [4.69, 9.17) is 4.74 Å². The first-order chi connectivity index (χ1) is 11.6. The molecule has 0 saturated carbocycles. The van der Waals surface area contributed by atoms with E-state index in [1.807, 2.05) is 30.6 Å². The smallest absolute Gasteiger partial charge is 0.409 e. The number of carbonyl (C=O) groups is 2. The minimum Gasteiger partial charge on any atom is -0.450 e. The van der Waals surface area contributed by atoms with Crippen LogP contribution in [0.2, 0.25) is 0 Å². The second-order valence-corrected chi connectivity index (χ2v) is 6.44. The Labute approximate surface area is 144 Å². The summed E-state index contributed by atoms with van der Waals surface area (Å²) in [5.74, 6) is -0.100. The number of carbonyl (C=O) groups excluding carboxylic acids is 2. The van der Waals surface area contributed by atoms with E-state index in [1.54, 1.807) is 32.7 Å². The Morgan fingerprint density at radius 3 is 2.58 bits per heavy atom. The first-order valence-corrected chi connectivity index (χ1v) is 8.77. The molecule has 2 amide bonds. The van der Waals surface area contributed by atoms with Crippen LogP contribution in [-0.4, -0.2) is 64.4 Å². The van der Waals surface area contributed by atoms with Crippen molar-refractivity contribution in [2.45, 2.75) is 6.92 Å². The van der Waals surface area contributed by atoms with Crippen LogP contribution in [0, 0.1) is 0 Å². The predicted molar refractivity (Wildman–Crippen MR) is 91.0 cm³/mol. The van der Waals surface area contributed by atoms with Gasteiger partial charge in [-0.3, -0.25) is 9.48 Å². The Morgan fingerprint density at radius 1 is 1.25 bits per heavy atom. The molecular weight excluding hydrogens is 328 g/mol. The summed E-state index contributed by atoms with van der Waals surface area (Å²) in [7, 11) is 1.84. The van der Waals surface area contributed by atoms with E-state index in [0.29, 0.717) is 38.5 Å². The fourth-order valence-corrected chi connectivity index (χ4v) is 3.47. The van der Waals surface area contributed by atoms with Crippen LogP contribution in [0.25, 0.3) is 10.6 Å². The highest BCUT2D eigenvalue weighted by Gasteiger charge is 2.27. The van der Waals surface area contributed by atoms with Gasteiger partial charge in [-0.05, 0) is 24.4 Å². The Hall–Kier alpha value is -2.35. The molecule has 0 aliphatic carbocycles. The average Bonchev–Trinajstić information content (AvgIpc) is 3.24. The van der Waals surface area contributed by atoms with Crippen LogP contribution in [0.3, 0.4) is 0 Å². The van der Waals surface area contributed by atoms with Crippen molar-refractivity contribution in [2.24, 2.45) is 7.05 Å². The molecule has 0 atom stereocenters. The molecule has 1 aliphatic heterocycles. The number of hydrogen-bond donors (Lipinski definition) is 0. The highest BCUT2D eigenvalue weighted by molar-refractivity contribution is 7.13. The van der Waals surface area contributed by atoms with Crippen LogP contribution in [0.4, 0.5) is 4.79 Å². The van der Waals surface area contributed by atoms with Gasteiger partial charge in [0.2, 0.25) is 0 Å². The van der Waals surface area contributed by atoms with Crippen LogP contribution >= 0.6 is 11.3 Å². The zero-order valence-corrected chi connectivity index (χ0v) is 14.6. The maximum absolute atomic E-state index is 12.7. The summed E-state index contributed by atoms with van der Waals surface area (Å²) < 4.78 is 6.72. The van der Waals surface area contributed by atoms with Gasteiger partial charge in [-0.15, -0.1) is 11.3 Å².